The topological polar surface area (TPSA) is 98.2 Å². The molecule has 0 heterocycles. The maximum absolute atomic E-state index is 13.2. The zero-order valence-corrected chi connectivity index (χ0v) is 10.3. The Balaban J connectivity index is 2.82. The van der Waals surface area contributed by atoms with Crippen LogP contribution in [0.25, 0.3) is 0 Å². The summed E-state index contributed by atoms with van der Waals surface area (Å²) in [7, 11) is 0. The van der Waals surface area contributed by atoms with Crippen LogP contribution in [0.5, 0.6) is 0 Å². The molecule has 0 bridgehead atoms. The van der Waals surface area contributed by atoms with Crippen molar-refractivity contribution in [2.45, 2.75) is 25.8 Å². The van der Waals surface area contributed by atoms with E-state index in [1.807, 2.05) is 0 Å². The van der Waals surface area contributed by atoms with Gasteiger partial charge >= 0.3 is 0 Å². The third-order valence-electron chi connectivity index (χ3n) is 2.33. The van der Waals surface area contributed by atoms with Gasteiger partial charge in [0.2, 0.25) is 5.91 Å². The fourth-order valence-electron chi connectivity index (χ4n) is 1.53. The number of primary amides is 1. The fraction of sp³-hybridized carbons (Fsp3) is 0.333. The van der Waals surface area contributed by atoms with Crippen molar-refractivity contribution in [1.82, 2.24) is 5.32 Å². The average molecular weight is 253 g/mol. The number of anilines is 1. The summed E-state index contributed by atoms with van der Waals surface area (Å²) >= 11 is 0. The van der Waals surface area contributed by atoms with E-state index in [1.165, 1.54) is 12.1 Å². The van der Waals surface area contributed by atoms with Crippen LogP contribution < -0.4 is 16.8 Å². The van der Waals surface area contributed by atoms with Gasteiger partial charge in [0, 0.05) is 17.5 Å². The number of amides is 2. The van der Waals surface area contributed by atoms with Gasteiger partial charge in [0.1, 0.15) is 5.82 Å². The molecular formula is C12H16FN3O2. The molecule has 1 aromatic rings. The first-order valence-electron chi connectivity index (χ1n) is 5.37. The van der Waals surface area contributed by atoms with Crippen LogP contribution in [0.15, 0.2) is 18.2 Å². The van der Waals surface area contributed by atoms with Crippen molar-refractivity contribution in [3.05, 3.63) is 29.6 Å². The van der Waals surface area contributed by atoms with Gasteiger partial charge in [0.15, 0.2) is 0 Å². The van der Waals surface area contributed by atoms with Gasteiger partial charge in [-0.15, -0.1) is 0 Å². The van der Waals surface area contributed by atoms with Crippen molar-refractivity contribution in [3.8, 4) is 0 Å². The van der Waals surface area contributed by atoms with E-state index in [1.54, 1.807) is 13.8 Å². The van der Waals surface area contributed by atoms with Crippen molar-refractivity contribution >= 4 is 17.5 Å². The smallest absolute Gasteiger partial charge is 0.251 e. The van der Waals surface area contributed by atoms with Gasteiger partial charge in [-0.2, -0.15) is 0 Å². The molecule has 18 heavy (non-hydrogen) atoms. The Morgan fingerprint density at radius 3 is 2.50 bits per heavy atom. The number of nitrogens with one attached hydrogen (secondary N) is 1. The minimum atomic E-state index is -0.791. The summed E-state index contributed by atoms with van der Waals surface area (Å²) in [5.41, 5.74) is 9.71. The standard InChI is InChI=1S/C12H16FN3O2/c1-12(2,6-10(15)17)16-11(18)7-3-4-9(14)8(13)5-7/h3-5H,6,14H2,1-2H3,(H2,15,17)(H,16,18). The number of rotatable bonds is 4. The van der Waals surface area contributed by atoms with Gasteiger partial charge < -0.3 is 16.8 Å². The van der Waals surface area contributed by atoms with Crippen LogP contribution in [0.2, 0.25) is 0 Å². The van der Waals surface area contributed by atoms with E-state index >= 15 is 0 Å². The van der Waals surface area contributed by atoms with Crippen molar-refractivity contribution in [3.63, 3.8) is 0 Å². The molecule has 5 nitrogen and oxygen atoms in total. The molecule has 0 fully saturated rings. The highest BCUT2D eigenvalue weighted by molar-refractivity contribution is 5.95. The highest BCUT2D eigenvalue weighted by Crippen LogP contribution is 2.14. The molecule has 1 rings (SSSR count). The Hall–Kier alpha value is -2.11. The molecule has 0 atom stereocenters. The number of nitrogens with two attached hydrogens (primary N) is 2. The van der Waals surface area contributed by atoms with Gasteiger partial charge in [-0.1, -0.05) is 0 Å². The molecule has 0 spiro atoms. The Bertz CT molecular complexity index is 486. The van der Waals surface area contributed by atoms with Crippen molar-refractivity contribution < 1.29 is 14.0 Å². The lowest BCUT2D eigenvalue weighted by molar-refractivity contribution is -0.119. The summed E-state index contributed by atoms with van der Waals surface area (Å²) in [6.45, 7) is 3.31. The summed E-state index contributed by atoms with van der Waals surface area (Å²) in [4.78, 5) is 22.7. The molecule has 6 heteroatoms. The second-order valence-corrected chi connectivity index (χ2v) is 4.72. The van der Waals surface area contributed by atoms with E-state index < -0.39 is 23.2 Å². The Kier molecular flexibility index (Phi) is 3.90. The van der Waals surface area contributed by atoms with Gasteiger partial charge in [-0.3, -0.25) is 9.59 Å². The van der Waals surface area contributed by atoms with Gasteiger partial charge in [-0.05, 0) is 32.0 Å². The molecule has 0 saturated heterocycles. The Morgan fingerprint density at radius 2 is 2.00 bits per heavy atom. The molecule has 0 saturated carbocycles. The van der Waals surface area contributed by atoms with E-state index in [0.29, 0.717) is 0 Å². The Morgan fingerprint density at radius 1 is 1.39 bits per heavy atom. The minimum Gasteiger partial charge on any atom is -0.396 e. The SMILES string of the molecule is CC(C)(CC(N)=O)NC(=O)c1ccc(N)c(F)c1. The van der Waals surface area contributed by atoms with Gasteiger partial charge in [0.25, 0.3) is 5.91 Å². The van der Waals surface area contributed by atoms with E-state index in [-0.39, 0.29) is 17.7 Å². The quantitative estimate of drug-likeness (QED) is 0.692. The largest absolute Gasteiger partial charge is 0.396 e. The zero-order valence-electron chi connectivity index (χ0n) is 10.3. The minimum absolute atomic E-state index is 0.00378. The summed E-state index contributed by atoms with van der Waals surface area (Å²) < 4.78 is 13.2. The predicted octanol–water partition coefficient (Wildman–Crippen LogP) is 0.792. The van der Waals surface area contributed by atoms with Crippen LogP contribution >= 0.6 is 0 Å². The number of nitrogen functional groups attached to an aromatic ring is 1. The van der Waals surface area contributed by atoms with Crippen LogP contribution in [-0.2, 0) is 4.79 Å². The number of benzene rings is 1. The first-order chi connectivity index (χ1) is 8.21. The van der Waals surface area contributed by atoms with Crippen molar-refractivity contribution in [2.75, 3.05) is 5.73 Å². The molecule has 5 N–H and O–H groups in total. The van der Waals surface area contributed by atoms with E-state index in [0.717, 1.165) is 6.07 Å². The molecule has 0 radical (unpaired) electrons. The monoisotopic (exact) mass is 253 g/mol. The maximum atomic E-state index is 13.2. The highest BCUT2D eigenvalue weighted by atomic mass is 19.1. The first-order valence-corrected chi connectivity index (χ1v) is 5.37. The molecular weight excluding hydrogens is 237 g/mol. The summed E-state index contributed by atoms with van der Waals surface area (Å²) in [5, 5.41) is 2.60. The van der Waals surface area contributed by atoms with Gasteiger partial charge in [0.05, 0.1) is 5.69 Å². The fourth-order valence-corrected chi connectivity index (χ4v) is 1.53. The van der Waals surface area contributed by atoms with Crippen molar-refractivity contribution in [2.24, 2.45) is 5.73 Å². The number of halogens is 1. The van der Waals surface area contributed by atoms with E-state index in [2.05, 4.69) is 5.32 Å². The second-order valence-electron chi connectivity index (χ2n) is 4.72. The van der Waals surface area contributed by atoms with E-state index in [9.17, 15) is 14.0 Å². The first kappa shape index (κ1) is 14.0. The molecule has 0 aliphatic heterocycles. The van der Waals surface area contributed by atoms with Crippen LogP contribution in [-0.4, -0.2) is 17.4 Å². The lowest BCUT2D eigenvalue weighted by Crippen LogP contribution is -2.46. The number of hydrogen-bond donors (Lipinski definition) is 3. The normalized spacial score (nSPS) is 11.1. The molecule has 0 unspecified atom stereocenters. The lowest BCUT2D eigenvalue weighted by atomic mass is 9.99. The van der Waals surface area contributed by atoms with E-state index in [4.69, 9.17) is 11.5 Å². The zero-order chi connectivity index (χ0) is 13.9. The third kappa shape index (κ3) is 3.73. The van der Waals surface area contributed by atoms with Crippen LogP contribution in [0.3, 0.4) is 0 Å². The van der Waals surface area contributed by atoms with Crippen LogP contribution in [0.1, 0.15) is 30.6 Å². The summed E-state index contributed by atoms with van der Waals surface area (Å²) in [5.74, 6) is -1.67. The number of carbonyl (C=O) groups excluding carboxylic acids is 2. The average Bonchev–Trinajstić information content (AvgIpc) is 2.19. The predicted molar refractivity (Wildman–Crippen MR) is 66.2 cm³/mol. The van der Waals surface area contributed by atoms with Gasteiger partial charge in [-0.25, -0.2) is 4.39 Å². The molecule has 0 aliphatic rings. The molecule has 0 aromatic heterocycles. The third-order valence-corrected chi connectivity index (χ3v) is 2.33. The number of hydrogen-bond acceptors (Lipinski definition) is 3. The summed E-state index contributed by atoms with van der Waals surface area (Å²) in [6, 6.07) is 3.77. The molecule has 2 amide bonds. The summed E-state index contributed by atoms with van der Waals surface area (Å²) in [6.07, 6.45) is -0.00378. The maximum Gasteiger partial charge on any atom is 0.251 e. The molecule has 98 valence electrons. The second kappa shape index (κ2) is 5.03. The highest BCUT2D eigenvalue weighted by Gasteiger charge is 2.23. The van der Waals surface area contributed by atoms with Crippen LogP contribution in [0, 0.1) is 5.82 Å². The van der Waals surface area contributed by atoms with Crippen LogP contribution in [0.4, 0.5) is 10.1 Å². The lowest BCUT2D eigenvalue weighted by Gasteiger charge is -2.24. The Labute approximate surface area is 104 Å². The molecule has 0 aliphatic carbocycles. The van der Waals surface area contributed by atoms with Crippen molar-refractivity contribution in [1.29, 1.82) is 0 Å². The number of carbonyl (C=O) groups is 2. The molecule has 1 aromatic carbocycles.